The Morgan fingerprint density at radius 1 is 1.18 bits per heavy atom. The lowest BCUT2D eigenvalue weighted by Gasteiger charge is -2.47. The molecular weight excluding hydrogens is 370 g/mol. The van der Waals surface area contributed by atoms with Crippen molar-refractivity contribution >= 4 is 35.0 Å². The molecule has 0 bridgehead atoms. The van der Waals surface area contributed by atoms with Crippen molar-refractivity contribution in [2.24, 2.45) is 0 Å². The first-order valence-electron chi connectivity index (χ1n) is 9.79. The number of benzene rings is 2. The molecular formula is C22H25N3O2S. The van der Waals surface area contributed by atoms with E-state index in [1.807, 2.05) is 41.5 Å². The van der Waals surface area contributed by atoms with Crippen molar-refractivity contribution in [2.45, 2.75) is 37.2 Å². The van der Waals surface area contributed by atoms with E-state index in [4.69, 9.17) is 0 Å². The lowest BCUT2D eigenvalue weighted by molar-refractivity contribution is 0.0582. The van der Waals surface area contributed by atoms with Gasteiger partial charge in [-0.2, -0.15) is 0 Å². The summed E-state index contributed by atoms with van der Waals surface area (Å²) < 4.78 is 0. The van der Waals surface area contributed by atoms with E-state index in [1.54, 1.807) is 23.9 Å². The molecule has 1 atom stereocenters. The summed E-state index contributed by atoms with van der Waals surface area (Å²) in [5, 5.41) is 2.95. The molecule has 2 aromatic carbocycles. The number of nitrogens with zero attached hydrogens (tertiary/aromatic N) is 2. The van der Waals surface area contributed by atoms with Crippen LogP contribution in [0.1, 0.15) is 46.9 Å². The Bertz CT molecular complexity index is 897. The van der Waals surface area contributed by atoms with Crippen molar-refractivity contribution < 1.29 is 9.59 Å². The number of thioether (sulfide) groups is 1. The van der Waals surface area contributed by atoms with E-state index >= 15 is 0 Å². The molecule has 1 N–H and O–H groups in total. The minimum Gasteiger partial charge on any atom is -0.351 e. The Kier molecular flexibility index (Phi) is 5.31. The predicted octanol–water partition coefficient (Wildman–Crippen LogP) is 4.45. The highest BCUT2D eigenvalue weighted by molar-refractivity contribution is 7.98. The van der Waals surface area contributed by atoms with Crippen LogP contribution in [0.4, 0.5) is 11.4 Å². The van der Waals surface area contributed by atoms with E-state index in [-0.39, 0.29) is 18.0 Å². The normalized spacial score (nSPS) is 18.5. The van der Waals surface area contributed by atoms with Crippen LogP contribution in [0.15, 0.2) is 47.4 Å². The molecule has 1 fully saturated rings. The fourth-order valence-electron chi connectivity index (χ4n) is 4.14. The van der Waals surface area contributed by atoms with Crippen molar-refractivity contribution in [3.8, 4) is 0 Å². The van der Waals surface area contributed by atoms with Gasteiger partial charge in [-0.25, -0.2) is 0 Å². The van der Waals surface area contributed by atoms with E-state index in [1.165, 1.54) is 0 Å². The van der Waals surface area contributed by atoms with E-state index in [0.717, 1.165) is 48.6 Å². The maximum absolute atomic E-state index is 12.9. The highest BCUT2D eigenvalue weighted by Crippen LogP contribution is 2.35. The molecule has 2 aliphatic heterocycles. The molecule has 0 radical (unpaired) electrons. The average Bonchev–Trinajstić information content (AvgIpc) is 2.74. The smallest absolute Gasteiger partial charge is 0.257 e. The molecule has 1 saturated heterocycles. The topological polar surface area (TPSA) is 52.7 Å². The third kappa shape index (κ3) is 3.37. The van der Waals surface area contributed by atoms with Gasteiger partial charge >= 0.3 is 0 Å². The molecule has 28 heavy (non-hydrogen) atoms. The van der Waals surface area contributed by atoms with Crippen LogP contribution >= 0.6 is 11.8 Å². The minimum atomic E-state index is -0.158. The van der Waals surface area contributed by atoms with Gasteiger partial charge in [0.1, 0.15) is 6.17 Å². The number of nitrogens with one attached hydrogen (secondary N) is 1. The van der Waals surface area contributed by atoms with Crippen molar-refractivity contribution in [3.05, 3.63) is 53.6 Å². The Hall–Kier alpha value is -2.47. The average molecular weight is 396 g/mol. The summed E-state index contributed by atoms with van der Waals surface area (Å²) in [5.74, 6) is -0.0710. The molecule has 0 unspecified atom stereocenters. The number of rotatable bonds is 4. The van der Waals surface area contributed by atoms with E-state index in [2.05, 4.69) is 17.1 Å². The number of amides is 2. The number of fused-ring (bicyclic) bond motifs is 2. The molecule has 2 amide bonds. The molecule has 0 spiro atoms. The second-order valence-corrected chi connectivity index (χ2v) is 8.06. The third-order valence-electron chi connectivity index (χ3n) is 5.58. The first kappa shape index (κ1) is 18.9. The molecule has 2 aromatic rings. The highest BCUT2D eigenvalue weighted by atomic mass is 32.2. The first-order valence-corrected chi connectivity index (χ1v) is 11.0. The molecule has 146 valence electrons. The van der Waals surface area contributed by atoms with Gasteiger partial charge in [-0.05, 0) is 74.9 Å². The number of hydrogen-bond donors (Lipinski definition) is 1. The second-order valence-electron chi connectivity index (χ2n) is 7.18. The molecule has 0 aliphatic carbocycles. The van der Waals surface area contributed by atoms with Gasteiger partial charge in [-0.15, -0.1) is 11.8 Å². The standard InChI is InChI=1S/C22H25N3O2S/c1-3-24-19-14-15(21(26)23-16-8-10-17(28-2)11-9-16)7-12-18(19)22(27)25-13-5-4-6-20(24)25/h7-12,14,20H,3-6,13H2,1-2H3,(H,23,26)/t20-/m1/s1. The summed E-state index contributed by atoms with van der Waals surface area (Å²) in [6.07, 6.45) is 5.31. The molecule has 0 aromatic heterocycles. The van der Waals surface area contributed by atoms with Crippen LogP contribution in [-0.2, 0) is 0 Å². The number of hydrogen-bond acceptors (Lipinski definition) is 4. The van der Waals surface area contributed by atoms with E-state index in [9.17, 15) is 9.59 Å². The van der Waals surface area contributed by atoms with Crippen molar-refractivity contribution in [1.29, 1.82) is 0 Å². The first-order chi connectivity index (χ1) is 13.6. The lowest BCUT2D eigenvalue weighted by atomic mass is 9.97. The SMILES string of the molecule is CCN1c2cc(C(=O)Nc3ccc(SC)cc3)ccc2C(=O)N2CCCC[C@@H]21. The number of carbonyl (C=O) groups excluding carboxylic acids is 2. The zero-order valence-electron chi connectivity index (χ0n) is 16.3. The van der Waals surface area contributed by atoms with Gasteiger partial charge < -0.3 is 15.1 Å². The number of piperidine rings is 1. The molecule has 6 heteroatoms. The van der Waals surface area contributed by atoms with Crippen LogP contribution in [0.2, 0.25) is 0 Å². The fourth-order valence-corrected chi connectivity index (χ4v) is 4.55. The van der Waals surface area contributed by atoms with E-state index in [0.29, 0.717) is 11.1 Å². The largest absolute Gasteiger partial charge is 0.351 e. The second kappa shape index (κ2) is 7.87. The van der Waals surface area contributed by atoms with Crippen molar-refractivity contribution in [2.75, 3.05) is 29.6 Å². The monoisotopic (exact) mass is 395 g/mol. The number of anilines is 2. The van der Waals surface area contributed by atoms with Gasteiger partial charge in [0.15, 0.2) is 0 Å². The molecule has 0 saturated carbocycles. The summed E-state index contributed by atoms with van der Waals surface area (Å²) in [6.45, 7) is 3.72. The van der Waals surface area contributed by atoms with Crippen LogP contribution < -0.4 is 10.2 Å². The van der Waals surface area contributed by atoms with Crippen LogP contribution in [0.5, 0.6) is 0 Å². The summed E-state index contributed by atoms with van der Waals surface area (Å²) >= 11 is 1.67. The van der Waals surface area contributed by atoms with Gasteiger partial charge in [0.25, 0.3) is 11.8 Å². The van der Waals surface area contributed by atoms with E-state index < -0.39 is 0 Å². The van der Waals surface area contributed by atoms with Gasteiger partial charge in [-0.1, -0.05) is 0 Å². The Morgan fingerprint density at radius 2 is 1.96 bits per heavy atom. The van der Waals surface area contributed by atoms with Gasteiger partial charge in [0.05, 0.1) is 11.3 Å². The maximum Gasteiger partial charge on any atom is 0.257 e. The fraction of sp³-hybridized carbons (Fsp3) is 0.364. The van der Waals surface area contributed by atoms with Gasteiger partial charge in [-0.3, -0.25) is 9.59 Å². The minimum absolute atomic E-state index is 0.0870. The van der Waals surface area contributed by atoms with Gasteiger partial charge in [0, 0.05) is 29.2 Å². The molecule has 4 rings (SSSR count). The third-order valence-corrected chi connectivity index (χ3v) is 6.32. The summed E-state index contributed by atoms with van der Waals surface area (Å²) in [7, 11) is 0. The predicted molar refractivity (Wildman–Crippen MR) is 114 cm³/mol. The lowest BCUT2D eigenvalue weighted by Crippen LogP contribution is -2.57. The zero-order chi connectivity index (χ0) is 19.7. The number of carbonyl (C=O) groups is 2. The molecule has 2 aliphatic rings. The summed E-state index contributed by atoms with van der Waals surface area (Å²) in [4.78, 5) is 31.1. The quantitative estimate of drug-likeness (QED) is 0.777. The molecule has 5 nitrogen and oxygen atoms in total. The van der Waals surface area contributed by atoms with Gasteiger partial charge in [0.2, 0.25) is 0 Å². The van der Waals surface area contributed by atoms with Crippen molar-refractivity contribution in [3.63, 3.8) is 0 Å². The van der Waals surface area contributed by atoms with Crippen LogP contribution in [-0.4, -0.2) is 42.2 Å². The summed E-state index contributed by atoms with van der Waals surface area (Å²) in [6, 6.07) is 13.2. The Balaban J connectivity index is 1.62. The van der Waals surface area contributed by atoms with Crippen molar-refractivity contribution in [1.82, 2.24) is 4.90 Å². The van der Waals surface area contributed by atoms with Crippen LogP contribution in [0.25, 0.3) is 0 Å². The molecule has 2 heterocycles. The Morgan fingerprint density at radius 3 is 2.68 bits per heavy atom. The Labute approximate surface area is 170 Å². The van der Waals surface area contributed by atoms with Crippen LogP contribution in [0, 0.1) is 0 Å². The maximum atomic E-state index is 12.9. The highest BCUT2D eigenvalue weighted by Gasteiger charge is 2.38. The summed E-state index contributed by atoms with van der Waals surface area (Å²) in [5.41, 5.74) is 2.91. The van der Waals surface area contributed by atoms with Crippen LogP contribution in [0.3, 0.4) is 0 Å². The zero-order valence-corrected chi connectivity index (χ0v) is 17.1.